The van der Waals surface area contributed by atoms with E-state index in [1.807, 2.05) is 12.3 Å². The molecule has 1 aliphatic rings. The summed E-state index contributed by atoms with van der Waals surface area (Å²) < 4.78 is 15.5. The van der Waals surface area contributed by atoms with Crippen molar-refractivity contribution in [3.8, 4) is 0 Å². The highest BCUT2D eigenvalue weighted by atomic mass is 19.1. The normalized spacial score (nSPS) is 17.6. The van der Waals surface area contributed by atoms with Crippen LogP contribution in [-0.2, 0) is 0 Å². The predicted molar refractivity (Wildman–Crippen MR) is 82.9 cm³/mol. The molecule has 21 heavy (non-hydrogen) atoms. The highest BCUT2D eigenvalue weighted by molar-refractivity contribution is 5.32. The molecular formula is C17H22FN3. The molecule has 1 fully saturated rings. The Kier molecular flexibility index (Phi) is 4.23. The number of benzene rings is 1. The summed E-state index contributed by atoms with van der Waals surface area (Å²) in [6.07, 6.45) is 10.1. The maximum atomic E-state index is 13.4. The zero-order valence-corrected chi connectivity index (χ0v) is 12.4. The summed E-state index contributed by atoms with van der Waals surface area (Å²) in [5.41, 5.74) is 0.958. The molecule has 3 nitrogen and oxygen atoms in total. The van der Waals surface area contributed by atoms with Crippen LogP contribution >= 0.6 is 0 Å². The first-order valence-electron chi connectivity index (χ1n) is 7.79. The average molecular weight is 287 g/mol. The van der Waals surface area contributed by atoms with Crippen LogP contribution < -0.4 is 5.32 Å². The molecule has 0 aliphatic heterocycles. The van der Waals surface area contributed by atoms with E-state index in [2.05, 4.69) is 21.8 Å². The number of hydrogen-bond acceptors (Lipinski definition) is 2. The van der Waals surface area contributed by atoms with Gasteiger partial charge in [-0.05, 0) is 37.5 Å². The monoisotopic (exact) mass is 287 g/mol. The van der Waals surface area contributed by atoms with Crippen molar-refractivity contribution < 1.29 is 4.39 Å². The zero-order valence-electron chi connectivity index (χ0n) is 12.4. The topological polar surface area (TPSA) is 29.9 Å². The van der Waals surface area contributed by atoms with Crippen molar-refractivity contribution in [3.05, 3.63) is 48.0 Å². The first kappa shape index (κ1) is 14.1. The zero-order chi connectivity index (χ0) is 14.7. The molecule has 0 spiro atoms. The summed E-state index contributed by atoms with van der Waals surface area (Å²) in [5.74, 6) is 0.694. The fourth-order valence-electron chi connectivity index (χ4n) is 3.09. The van der Waals surface area contributed by atoms with E-state index >= 15 is 0 Å². The molecule has 3 rings (SSSR count). The van der Waals surface area contributed by atoms with E-state index in [0.717, 1.165) is 11.5 Å². The molecule has 0 bridgehead atoms. The van der Waals surface area contributed by atoms with Crippen LogP contribution in [0.15, 0.2) is 36.7 Å². The molecule has 1 atom stereocenters. The van der Waals surface area contributed by atoms with Crippen LogP contribution in [0.3, 0.4) is 0 Å². The summed E-state index contributed by atoms with van der Waals surface area (Å²) >= 11 is 0. The van der Waals surface area contributed by atoms with Gasteiger partial charge in [-0.1, -0.05) is 31.4 Å². The van der Waals surface area contributed by atoms with Gasteiger partial charge in [0.25, 0.3) is 0 Å². The predicted octanol–water partition coefficient (Wildman–Crippen LogP) is 4.38. The lowest BCUT2D eigenvalue weighted by Gasteiger charge is -2.25. The van der Waals surface area contributed by atoms with Crippen molar-refractivity contribution in [3.63, 3.8) is 0 Å². The van der Waals surface area contributed by atoms with E-state index in [0.29, 0.717) is 6.04 Å². The van der Waals surface area contributed by atoms with Crippen molar-refractivity contribution in [2.75, 3.05) is 5.32 Å². The number of rotatable bonds is 4. The van der Waals surface area contributed by atoms with Gasteiger partial charge in [0.15, 0.2) is 0 Å². The number of anilines is 1. The second-order valence-electron chi connectivity index (χ2n) is 5.87. The lowest BCUT2D eigenvalue weighted by atomic mass is 9.96. The molecule has 0 saturated heterocycles. The summed E-state index contributed by atoms with van der Waals surface area (Å²) in [6, 6.07) is 7.36. The third-order valence-electron chi connectivity index (χ3n) is 4.36. The highest BCUT2D eigenvalue weighted by Crippen LogP contribution is 2.25. The van der Waals surface area contributed by atoms with E-state index in [1.54, 1.807) is 18.3 Å². The van der Waals surface area contributed by atoms with Crippen molar-refractivity contribution in [2.45, 2.75) is 51.1 Å². The third kappa shape index (κ3) is 3.26. The lowest BCUT2D eigenvalue weighted by Crippen LogP contribution is -2.25. The summed E-state index contributed by atoms with van der Waals surface area (Å²) in [6.45, 7) is 2.07. The SMILES string of the molecule is CC(c1cccc(F)c1)n1ccnc1NC1CCCCC1. The second-order valence-corrected chi connectivity index (χ2v) is 5.87. The quantitative estimate of drug-likeness (QED) is 0.904. The molecule has 0 radical (unpaired) electrons. The van der Waals surface area contributed by atoms with Crippen LogP contribution in [0.25, 0.3) is 0 Å². The first-order valence-corrected chi connectivity index (χ1v) is 7.79. The van der Waals surface area contributed by atoms with Crippen molar-refractivity contribution in [1.82, 2.24) is 9.55 Å². The maximum Gasteiger partial charge on any atom is 0.203 e. The minimum atomic E-state index is -0.193. The van der Waals surface area contributed by atoms with Crippen molar-refractivity contribution in [1.29, 1.82) is 0 Å². The number of halogens is 1. The summed E-state index contributed by atoms with van der Waals surface area (Å²) in [5, 5.41) is 3.55. The Balaban J connectivity index is 1.77. The largest absolute Gasteiger partial charge is 0.353 e. The number of nitrogens with zero attached hydrogens (tertiary/aromatic N) is 2. The van der Waals surface area contributed by atoms with E-state index in [1.165, 1.54) is 38.2 Å². The van der Waals surface area contributed by atoms with Crippen LogP contribution in [0.5, 0.6) is 0 Å². The van der Waals surface area contributed by atoms with Gasteiger partial charge in [-0.25, -0.2) is 9.37 Å². The molecule has 1 unspecified atom stereocenters. The van der Waals surface area contributed by atoms with Crippen molar-refractivity contribution in [2.24, 2.45) is 0 Å². The van der Waals surface area contributed by atoms with Crippen LogP contribution in [0.2, 0.25) is 0 Å². The molecule has 4 heteroatoms. The Morgan fingerprint density at radius 2 is 2.10 bits per heavy atom. The molecule has 1 aliphatic carbocycles. The van der Waals surface area contributed by atoms with E-state index in [-0.39, 0.29) is 11.9 Å². The summed E-state index contributed by atoms with van der Waals surface area (Å²) in [7, 11) is 0. The van der Waals surface area contributed by atoms with Crippen molar-refractivity contribution >= 4 is 5.95 Å². The molecule has 2 aromatic rings. The number of imidazole rings is 1. The standard InChI is InChI=1S/C17H22FN3/c1-13(14-6-5-7-15(18)12-14)21-11-10-19-17(21)20-16-8-3-2-4-9-16/h5-7,10-13,16H,2-4,8-9H2,1H3,(H,19,20). The number of nitrogens with one attached hydrogen (secondary N) is 1. The van der Waals surface area contributed by atoms with Crippen LogP contribution in [0.4, 0.5) is 10.3 Å². The van der Waals surface area contributed by atoms with E-state index in [9.17, 15) is 4.39 Å². The van der Waals surface area contributed by atoms with E-state index < -0.39 is 0 Å². The van der Waals surface area contributed by atoms with Gasteiger partial charge in [-0.15, -0.1) is 0 Å². The fraction of sp³-hybridized carbons (Fsp3) is 0.471. The Labute approximate surface area is 125 Å². The summed E-state index contributed by atoms with van der Waals surface area (Å²) in [4.78, 5) is 4.44. The Morgan fingerprint density at radius 3 is 2.86 bits per heavy atom. The molecule has 1 aromatic carbocycles. The van der Waals surface area contributed by atoms with Gasteiger partial charge >= 0.3 is 0 Å². The van der Waals surface area contributed by atoms with Gasteiger partial charge in [0.2, 0.25) is 5.95 Å². The highest BCUT2D eigenvalue weighted by Gasteiger charge is 2.17. The minimum Gasteiger partial charge on any atom is -0.353 e. The number of aromatic nitrogens is 2. The van der Waals surface area contributed by atoms with Crippen LogP contribution in [0, 0.1) is 5.82 Å². The molecule has 1 N–H and O–H groups in total. The van der Waals surface area contributed by atoms with Gasteiger partial charge in [-0.3, -0.25) is 0 Å². The molecule has 1 saturated carbocycles. The molecular weight excluding hydrogens is 265 g/mol. The Bertz CT molecular complexity index is 587. The van der Waals surface area contributed by atoms with E-state index in [4.69, 9.17) is 0 Å². The lowest BCUT2D eigenvalue weighted by molar-refractivity contribution is 0.458. The molecule has 112 valence electrons. The van der Waals surface area contributed by atoms with Gasteiger partial charge in [0.05, 0.1) is 6.04 Å². The van der Waals surface area contributed by atoms with Gasteiger partial charge in [-0.2, -0.15) is 0 Å². The molecule has 1 heterocycles. The first-order chi connectivity index (χ1) is 10.2. The van der Waals surface area contributed by atoms with Gasteiger partial charge < -0.3 is 9.88 Å². The van der Waals surface area contributed by atoms with Gasteiger partial charge in [0.1, 0.15) is 5.82 Å². The fourth-order valence-corrected chi connectivity index (χ4v) is 3.09. The molecule has 1 aromatic heterocycles. The Morgan fingerprint density at radius 1 is 1.29 bits per heavy atom. The van der Waals surface area contributed by atoms with Crippen LogP contribution in [-0.4, -0.2) is 15.6 Å². The van der Waals surface area contributed by atoms with Crippen LogP contribution in [0.1, 0.15) is 50.6 Å². The molecule has 0 amide bonds. The van der Waals surface area contributed by atoms with Gasteiger partial charge in [0, 0.05) is 18.4 Å². The minimum absolute atomic E-state index is 0.0642. The average Bonchev–Trinajstić information content (AvgIpc) is 2.95. The maximum absolute atomic E-state index is 13.4. The number of hydrogen-bond donors (Lipinski definition) is 1. The smallest absolute Gasteiger partial charge is 0.203 e. The Hall–Kier alpha value is -1.84. The second kappa shape index (κ2) is 6.29. The third-order valence-corrected chi connectivity index (χ3v) is 4.36.